The lowest BCUT2D eigenvalue weighted by Gasteiger charge is -2.20. The summed E-state index contributed by atoms with van der Waals surface area (Å²) in [6.45, 7) is 1.17. The van der Waals surface area contributed by atoms with E-state index in [4.69, 9.17) is 9.47 Å². The summed E-state index contributed by atoms with van der Waals surface area (Å²) in [5.41, 5.74) is 1.94. The molecule has 0 bridgehead atoms. The van der Waals surface area contributed by atoms with Crippen LogP contribution in [0.25, 0.3) is 5.69 Å². The summed E-state index contributed by atoms with van der Waals surface area (Å²) in [6.07, 6.45) is 5.12. The highest BCUT2D eigenvalue weighted by molar-refractivity contribution is 5.97. The number of para-hydroxylation sites is 1. The molecule has 0 saturated heterocycles. The summed E-state index contributed by atoms with van der Waals surface area (Å²) in [6, 6.07) is 8.90. The first-order valence-electron chi connectivity index (χ1n) is 7.80. The number of amides is 1. The molecule has 126 valence electrons. The zero-order valence-electron chi connectivity index (χ0n) is 13.3. The van der Waals surface area contributed by atoms with Crippen molar-refractivity contribution < 1.29 is 14.3 Å². The molecule has 1 aromatic carbocycles. The van der Waals surface area contributed by atoms with E-state index in [1.807, 2.05) is 12.1 Å². The normalized spacial score (nSPS) is 12.6. The summed E-state index contributed by atoms with van der Waals surface area (Å²) < 4.78 is 12.7. The molecule has 3 heterocycles. The summed E-state index contributed by atoms with van der Waals surface area (Å²) in [5.74, 6) is 0.815. The summed E-state index contributed by atoms with van der Waals surface area (Å²) in [7, 11) is 0. The van der Waals surface area contributed by atoms with E-state index in [9.17, 15) is 4.79 Å². The first-order chi connectivity index (χ1) is 12.3. The summed E-state index contributed by atoms with van der Waals surface area (Å²) >= 11 is 0. The predicted molar refractivity (Wildman–Crippen MR) is 87.8 cm³/mol. The maximum Gasteiger partial charge on any atom is 0.255 e. The SMILES string of the molecule is O=C(NCc1cn(-c2ccncc2)nn1)c1cccc2c1OCCO2. The van der Waals surface area contributed by atoms with Gasteiger partial charge in [-0.1, -0.05) is 11.3 Å². The minimum Gasteiger partial charge on any atom is -0.486 e. The van der Waals surface area contributed by atoms with E-state index in [0.29, 0.717) is 36.0 Å². The second-order valence-electron chi connectivity index (χ2n) is 5.37. The van der Waals surface area contributed by atoms with Gasteiger partial charge in [0, 0.05) is 12.4 Å². The Morgan fingerprint density at radius 2 is 2.00 bits per heavy atom. The number of ether oxygens (including phenoxy) is 2. The molecule has 0 spiro atoms. The number of nitrogens with one attached hydrogen (secondary N) is 1. The van der Waals surface area contributed by atoms with Crippen LogP contribution in [0.1, 0.15) is 16.1 Å². The Balaban J connectivity index is 1.46. The smallest absolute Gasteiger partial charge is 0.255 e. The summed E-state index contributed by atoms with van der Waals surface area (Å²) in [4.78, 5) is 16.4. The topological polar surface area (TPSA) is 91.2 Å². The van der Waals surface area contributed by atoms with Crippen LogP contribution in [0.4, 0.5) is 0 Å². The van der Waals surface area contributed by atoms with E-state index in [-0.39, 0.29) is 12.5 Å². The molecular formula is C17H15N5O3. The standard InChI is InChI=1S/C17H15N5O3/c23-17(14-2-1-3-15-16(14)25-9-8-24-15)19-10-12-11-22(21-20-12)13-4-6-18-7-5-13/h1-7,11H,8-10H2,(H,19,23). The number of nitrogens with zero attached hydrogens (tertiary/aromatic N) is 4. The largest absolute Gasteiger partial charge is 0.486 e. The molecule has 3 aromatic rings. The molecule has 2 aromatic heterocycles. The fourth-order valence-corrected chi connectivity index (χ4v) is 2.52. The van der Waals surface area contributed by atoms with Crippen molar-refractivity contribution in [2.45, 2.75) is 6.54 Å². The average Bonchev–Trinajstić information content (AvgIpc) is 3.15. The van der Waals surface area contributed by atoms with Gasteiger partial charge in [-0.2, -0.15) is 0 Å². The van der Waals surface area contributed by atoms with E-state index in [1.54, 1.807) is 41.5 Å². The first kappa shape index (κ1) is 15.1. The lowest BCUT2D eigenvalue weighted by molar-refractivity contribution is 0.0939. The number of carbonyl (C=O) groups excluding carboxylic acids is 1. The van der Waals surface area contributed by atoms with Crippen LogP contribution in [-0.4, -0.2) is 39.1 Å². The zero-order chi connectivity index (χ0) is 17.1. The van der Waals surface area contributed by atoms with E-state index < -0.39 is 0 Å². The lowest BCUT2D eigenvalue weighted by atomic mass is 10.1. The molecule has 4 rings (SSSR count). The Hall–Kier alpha value is -3.42. The third kappa shape index (κ3) is 3.14. The molecular weight excluding hydrogens is 322 g/mol. The van der Waals surface area contributed by atoms with Crippen molar-refractivity contribution >= 4 is 5.91 Å². The third-order valence-corrected chi connectivity index (χ3v) is 3.71. The fourth-order valence-electron chi connectivity index (χ4n) is 2.52. The van der Waals surface area contributed by atoms with Gasteiger partial charge < -0.3 is 14.8 Å². The number of rotatable bonds is 4. The summed E-state index contributed by atoms with van der Waals surface area (Å²) in [5, 5.41) is 10.9. The van der Waals surface area contributed by atoms with Gasteiger partial charge in [0.15, 0.2) is 11.5 Å². The van der Waals surface area contributed by atoms with Gasteiger partial charge in [0.05, 0.1) is 24.0 Å². The quantitative estimate of drug-likeness (QED) is 0.773. The molecule has 8 heteroatoms. The molecule has 1 aliphatic rings. The van der Waals surface area contributed by atoms with Gasteiger partial charge in [0.2, 0.25) is 0 Å². The second-order valence-corrected chi connectivity index (χ2v) is 5.37. The van der Waals surface area contributed by atoms with Gasteiger partial charge in [-0.25, -0.2) is 4.68 Å². The van der Waals surface area contributed by atoms with Crippen LogP contribution >= 0.6 is 0 Å². The highest BCUT2D eigenvalue weighted by Gasteiger charge is 2.20. The number of benzene rings is 1. The van der Waals surface area contributed by atoms with Crippen LogP contribution in [0.15, 0.2) is 48.9 Å². The van der Waals surface area contributed by atoms with Crippen LogP contribution < -0.4 is 14.8 Å². The molecule has 1 N–H and O–H groups in total. The van der Waals surface area contributed by atoms with Crippen molar-refractivity contribution in [1.29, 1.82) is 0 Å². The number of carbonyl (C=O) groups is 1. The molecule has 1 amide bonds. The van der Waals surface area contributed by atoms with Crippen LogP contribution in [0.2, 0.25) is 0 Å². The third-order valence-electron chi connectivity index (χ3n) is 3.71. The molecule has 25 heavy (non-hydrogen) atoms. The minimum atomic E-state index is -0.249. The van der Waals surface area contributed by atoms with E-state index in [0.717, 1.165) is 5.69 Å². The van der Waals surface area contributed by atoms with Gasteiger partial charge >= 0.3 is 0 Å². The molecule has 0 fully saturated rings. The van der Waals surface area contributed by atoms with Crippen molar-refractivity contribution in [3.05, 3.63) is 60.2 Å². The van der Waals surface area contributed by atoms with Crippen molar-refractivity contribution in [3.8, 4) is 17.2 Å². The van der Waals surface area contributed by atoms with Gasteiger partial charge in [0.25, 0.3) is 5.91 Å². The van der Waals surface area contributed by atoms with Crippen LogP contribution in [0, 0.1) is 0 Å². The minimum absolute atomic E-state index is 0.249. The van der Waals surface area contributed by atoms with Crippen molar-refractivity contribution in [3.63, 3.8) is 0 Å². The molecule has 0 atom stereocenters. The maximum atomic E-state index is 12.5. The molecule has 0 aliphatic carbocycles. The van der Waals surface area contributed by atoms with Gasteiger partial charge in [-0.3, -0.25) is 9.78 Å². The van der Waals surface area contributed by atoms with Crippen LogP contribution in [-0.2, 0) is 6.54 Å². The molecule has 8 nitrogen and oxygen atoms in total. The van der Waals surface area contributed by atoms with Crippen molar-refractivity contribution in [1.82, 2.24) is 25.3 Å². The van der Waals surface area contributed by atoms with E-state index in [1.165, 1.54) is 0 Å². The van der Waals surface area contributed by atoms with Gasteiger partial charge in [-0.15, -0.1) is 5.10 Å². The van der Waals surface area contributed by atoms with Gasteiger partial charge in [0.1, 0.15) is 18.9 Å². The second kappa shape index (κ2) is 6.60. The zero-order valence-corrected chi connectivity index (χ0v) is 13.3. The van der Waals surface area contributed by atoms with Crippen LogP contribution in [0.3, 0.4) is 0 Å². The van der Waals surface area contributed by atoms with Crippen molar-refractivity contribution in [2.24, 2.45) is 0 Å². The number of fused-ring (bicyclic) bond motifs is 1. The molecule has 1 aliphatic heterocycles. The highest BCUT2D eigenvalue weighted by atomic mass is 16.6. The molecule has 0 radical (unpaired) electrons. The fraction of sp³-hybridized carbons (Fsp3) is 0.176. The Labute approximate surface area is 143 Å². The Morgan fingerprint density at radius 1 is 1.16 bits per heavy atom. The number of pyridine rings is 1. The lowest BCUT2D eigenvalue weighted by Crippen LogP contribution is -2.25. The Morgan fingerprint density at radius 3 is 2.88 bits per heavy atom. The predicted octanol–water partition coefficient (Wildman–Crippen LogP) is 1.36. The first-order valence-corrected chi connectivity index (χ1v) is 7.80. The van der Waals surface area contributed by atoms with Crippen LogP contribution in [0.5, 0.6) is 11.5 Å². The number of hydrogen-bond acceptors (Lipinski definition) is 6. The maximum absolute atomic E-state index is 12.5. The Bertz CT molecular complexity index is 894. The molecule has 0 saturated carbocycles. The number of hydrogen-bond donors (Lipinski definition) is 1. The van der Waals surface area contributed by atoms with E-state index >= 15 is 0 Å². The van der Waals surface area contributed by atoms with Gasteiger partial charge in [-0.05, 0) is 24.3 Å². The number of aromatic nitrogens is 4. The monoisotopic (exact) mass is 337 g/mol. The molecule has 0 unspecified atom stereocenters. The highest BCUT2D eigenvalue weighted by Crippen LogP contribution is 2.33. The van der Waals surface area contributed by atoms with Crippen molar-refractivity contribution in [2.75, 3.05) is 13.2 Å². The Kier molecular flexibility index (Phi) is 3.99. The average molecular weight is 337 g/mol. The van der Waals surface area contributed by atoms with E-state index in [2.05, 4.69) is 20.6 Å².